The molecular weight excluding hydrogens is 158 g/mol. The Kier molecular flexibility index (Phi) is 3.04. The van der Waals surface area contributed by atoms with Crippen LogP contribution in [0.25, 0.3) is 0 Å². The molecule has 10 heavy (non-hydrogen) atoms. The van der Waals surface area contributed by atoms with Crippen LogP contribution in [-0.4, -0.2) is 20.3 Å². The first kappa shape index (κ1) is 9.12. The molecule has 5 nitrogen and oxygen atoms in total. The number of nitrogens with two attached hydrogens (primary N) is 1. The minimum atomic E-state index is -4.18. The highest BCUT2D eigenvalue weighted by molar-refractivity contribution is 8.03. The number of hydrogen-bond donors (Lipinski definition) is 1. The molecule has 0 aliphatic heterocycles. The largest absolute Gasteiger partial charge is 0.449 e. The van der Waals surface area contributed by atoms with Crippen LogP contribution in [0.4, 0.5) is 4.79 Å². The third-order valence-corrected chi connectivity index (χ3v) is 1.13. The first-order chi connectivity index (χ1) is 4.48. The summed E-state index contributed by atoms with van der Waals surface area (Å²) in [7, 11) is -4.18. The molecule has 2 N–H and O–H groups in total. The molecule has 0 amide bonds. The minimum Gasteiger partial charge on any atom is -0.449 e. The van der Waals surface area contributed by atoms with E-state index in [1.54, 1.807) is 0 Å². The lowest BCUT2D eigenvalue weighted by Gasteiger charge is -1.96. The summed E-state index contributed by atoms with van der Waals surface area (Å²) < 4.78 is 24.3. The quantitative estimate of drug-likeness (QED) is 0.445. The van der Waals surface area contributed by atoms with Gasteiger partial charge in [-0.1, -0.05) is 12.7 Å². The second-order valence-corrected chi connectivity index (χ2v) is 2.82. The van der Waals surface area contributed by atoms with Crippen LogP contribution in [0.1, 0.15) is 0 Å². The molecule has 6 heteroatoms. The second-order valence-electron chi connectivity index (χ2n) is 1.39. The van der Waals surface area contributed by atoms with E-state index in [0.29, 0.717) is 0 Å². The van der Waals surface area contributed by atoms with E-state index in [2.05, 4.69) is 16.5 Å². The predicted octanol–water partition coefficient (Wildman–Crippen LogP) is -0.403. The minimum absolute atomic E-state index is 0.157. The van der Waals surface area contributed by atoms with Gasteiger partial charge in [0.2, 0.25) is 0 Å². The summed E-state index contributed by atoms with van der Waals surface area (Å²) in [6.07, 6.45) is 1.24. The van der Waals surface area contributed by atoms with Gasteiger partial charge in [0.25, 0.3) is 0 Å². The summed E-state index contributed by atoms with van der Waals surface area (Å²) in [5, 5.41) is 2.95. The monoisotopic (exact) mass is 165 g/mol. The summed E-state index contributed by atoms with van der Waals surface area (Å²) >= 11 is 0. The van der Waals surface area contributed by atoms with Crippen molar-refractivity contribution in [2.24, 2.45) is 5.14 Å². The Morgan fingerprint density at radius 2 is 2.20 bits per heavy atom. The number of rotatable bonds is 2. The number of carbonyl (C=O) groups is 1. The zero-order valence-electron chi connectivity index (χ0n) is 5.11. The zero-order chi connectivity index (χ0) is 8.20. The lowest BCUT2D eigenvalue weighted by molar-refractivity contribution is 0.184. The average molecular weight is 165 g/mol. The maximum absolute atomic E-state index is 10.2. The molecule has 0 aromatic rings. The predicted molar refractivity (Wildman–Crippen MR) is 34.7 cm³/mol. The fraction of sp³-hybridized carbons (Fsp3) is 0.250. The van der Waals surface area contributed by atoms with Crippen LogP contribution < -0.4 is 5.14 Å². The van der Waals surface area contributed by atoms with Crippen molar-refractivity contribution in [2.45, 2.75) is 0 Å². The molecule has 0 saturated heterocycles. The van der Waals surface area contributed by atoms with Crippen LogP contribution in [0.5, 0.6) is 0 Å². The Labute approximate surface area is 58.5 Å². The molecule has 0 spiro atoms. The topological polar surface area (TPSA) is 86.5 Å². The zero-order valence-corrected chi connectivity index (χ0v) is 5.93. The molecule has 0 unspecified atom stereocenters. The van der Waals surface area contributed by atoms with Gasteiger partial charge in [-0.05, 0) is 0 Å². The van der Waals surface area contributed by atoms with Crippen molar-refractivity contribution in [1.29, 1.82) is 0 Å². The highest BCUT2D eigenvalue weighted by atomic mass is 32.2. The molecule has 0 atom stereocenters. The molecule has 0 aliphatic carbocycles. The summed E-state index contributed by atoms with van der Waals surface area (Å²) in [5.41, 5.74) is 0. The SMILES string of the molecule is C=CCOC(=O)S(N)(=O)=O. The molecule has 0 bridgehead atoms. The Balaban J connectivity index is 4.00. The Bertz CT molecular complexity index is 230. The van der Waals surface area contributed by atoms with E-state index in [1.165, 1.54) is 6.08 Å². The number of sulfonamides is 1. The molecule has 0 aromatic heterocycles. The summed E-state index contributed by atoms with van der Waals surface area (Å²) in [6, 6.07) is 0. The third kappa shape index (κ3) is 3.21. The van der Waals surface area contributed by atoms with Gasteiger partial charge in [0.05, 0.1) is 0 Å². The molecule has 0 radical (unpaired) electrons. The van der Waals surface area contributed by atoms with Crippen LogP contribution in [0.3, 0.4) is 0 Å². The van der Waals surface area contributed by atoms with Gasteiger partial charge in [-0.3, -0.25) is 0 Å². The summed E-state index contributed by atoms with van der Waals surface area (Å²) in [5.74, 6) is 0. The van der Waals surface area contributed by atoms with Crippen LogP contribution in [0.15, 0.2) is 12.7 Å². The van der Waals surface area contributed by atoms with Gasteiger partial charge < -0.3 is 4.74 Å². The van der Waals surface area contributed by atoms with Crippen LogP contribution in [-0.2, 0) is 14.8 Å². The number of ether oxygens (including phenoxy) is 1. The van der Waals surface area contributed by atoms with Crippen molar-refractivity contribution in [2.75, 3.05) is 6.61 Å². The Hall–Kier alpha value is -0.880. The fourth-order valence-electron chi connectivity index (χ4n) is 0.209. The molecule has 0 fully saturated rings. The summed E-state index contributed by atoms with van der Waals surface area (Å²) in [4.78, 5) is 10.2. The van der Waals surface area contributed by atoms with Crippen LogP contribution >= 0.6 is 0 Å². The molecule has 0 heterocycles. The van der Waals surface area contributed by atoms with E-state index in [0.717, 1.165) is 0 Å². The Morgan fingerprint density at radius 3 is 2.50 bits per heavy atom. The molecule has 0 aliphatic rings. The van der Waals surface area contributed by atoms with Crippen molar-refractivity contribution >= 4 is 15.3 Å². The van der Waals surface area contributed by atoms with Crippen molar-refractivity contribution in [1.82, 2.24) is 0 Å². The van der Waals surface area contributed by atoms with Crippen LogP contribution in [0, 0.1) is 0 Å². The maximum Gasteiger partial charge on any atom is 0.439 e. The van der Waals surface area contributed by atoms with E-state index in [9.17, 15) is 13.2 Å². The van der Waals surface area contributed by atoms with E-state index in [-0.39, 0.29) is 6.61 Å². The summed E-state index contributed by atoms with van der Waals surface area (Å²) in [6.45, 7) is 3.04. The van der Waals surface area contributed by atoms with Gasteiger partial charge in [-0.15, -0.1) is 0 Å². The standard InChI is InChI=1S/C4H7NO4S/c1-2-3-9-4(6)10(5,7)8/h2H,1,3H2,(H2,5,7,8). The van der Waals surface area contributed by atoms with Crippen molar-refractivity contribution in [3.8, 4) is 0 Å². The lowest BCUT2D eigenvalue weighted by Crippen LogP contribution is -2.24. The van der Waals surface area contributed by atoms with Gasteiger partial charge in [-0.25, -0.2) is 18.4 Å². The van der Waals surface area contributed by atoms with Crippen molar-refractivity contribution in [3.05, 3.63) is 12.7 Å². The van der Waals surface area contributed by atoms with E-state index in [4.69, 9.17) is 0 Å². The van der Waals surface area contributed by atoms with Crippen molar-refractivity contribution < 1.29 is 17.9 Å². The van der Waals surface area contributed by atoms with E-state index >= 15 is 0 Å². The Morgan fingerprint density at radius 1 is 1.70 bits per heavy atom. The van der Waals surface area contributed by atoms with Gasteiger partial charge >= 0.3 is 15.3 Å². The average Bonchev–Trinajstić information content (AvgIpc) is 1.80. The van der Waals surface area contributed by atoms with Gasteiger partial charge in [-0.2, -0.15) is 0 Å². The van der Waals surface area contributed by atoms with Crippen molar-refractivity contribution in [3.63, 3.8) is 0 Å². The number of primary sulfonamides is 1. The number of hydrogen-bond acceptors (Lipinski definition) is 4. The smallest absolute Gasteiger partial charge is 0.439 e. The third-order valence-electron chi connectivity index (χ3n) is 0.551. The van der Waals surface area contributed by atoms with E-state index < -0.39 is 15.3 Å². The highest BCUT2D eigenvalue weighted by Crippen LogP contribution is 1.87. The molecular formula is C4H7NO4S. The lowest BCUT2D eigenvalue weighted by atomic mass is 10.7. The molecule has 0 saturated carbocycles. The van der Waals surface area contributed by atoms with Gasteiger partial charge in [0.1, 0.15) is 6.61 Å². The number of carbonyl (C=O) groups excluding carboxylic acids is 1. The normalized spacial score (nSPS) is 10.5. The van der Waals surface area contributed by atoms with Gasteiger partial charge in [0.15, 0.2) is 0 Å². The molecule has 0 rings (SSSR count). The highest BCUT2D eigenvalue weighted by Gasteiger charge is 2.16. The maximum atomic E-state index is 10.2. The first-order valence-electron chi connectivity index (χ1n) is 2.29. The second kappa shape index (κ2) is 3.33. The first-order valence-corrected chi connectivity index (χ1v) is 3.83. The van der Waals surface area contributed by atoms with Crippen LogP contribution in [0.2, 0.25) is 0 Å². The van der Waals surface area contributed by atoms with Gasteiger partial charge in [0, 0.05) is 0 Å². The molecule has 0 aromatic carbocycles. The van der Waals surface area contributed by atoms with E-state index in [1.807, 2.05) is 0 Å². The fourth-order valence-corrected chi connectivity index (χ4v) is 0.441. The molecule has 58 valence electrons.